The van der Waals surface area contributed by atoms with E-state index in [1.54, 1.807) is 32.9 Å². The second kappa shape index (κ2) is 7.98. The quantitative estimate of drug-likeness (QED) is 0.395. The van der Waals surface area contributed by atoms with Crippen LogP contribution in [0.4, 0.5) is 0 Å². The third-order valence-corrected chi connectivity index (χ3v) is 9.54. The number of Topliss-reactive ketones (excluding diaryl/α,β-unsaturated/α-hetero) is 1. The third kappa shape index (κ3) is 3.18. The summed E-state index contributed by atoms with van der Waals surface area (Å²) in [5.41, 5.74) is -4.74. The summed E-state index contributed by atoms with van der Waals surface area (Å²) in [6, 6.07) is 0. The molecule has 0 spiro atoms. The summed E-state index contributed by atoms with van der Waals surface area (Å²) >= 11 is 0. The van der Waals surface area contributed by atoms with Crippen molar-refractivity contribution < 1.29 is 39.2 Å². The van der Waals surface area contributed by atoms with Crippen molar-refractivity contribution in [1.82, 2.24) is 0 Å². The number of carbonyl (C=O) groups is 3. The van der Waals surface area contributed by atoms with Gasteiger partial charge in [0.25, 0.3) is 0 Å². The highest BCUT2D eigenvalue weighted by Gasteiger charge is 2.88. The van der Waals surface area contributed by atoms with Gasteiger partial charge in [-0.25, -0.2) is 0 Å². The Morgan fingerprint density at radius 2 is 1.86 bits per heavy atom. The first kappa shape index (κ1) is 26.0. The molecule has 2 saturated carbocycles. The van der Waals surface area contributed by atoms with Crippen molar-refractivity contribution in [2.45, 2.75) is 84.2 Å². The maximum absolute atomic E-state index is 13.1. The van der Waals surface area contributed by atoms with E-state index in [0.717, 1.165) is 0 Å². The van der Waals surface area contributed by atoms with Crippen LogP contribution in [0.2, 0.25) is 0 Å². The number of ketones is 1. The van der Waals surface area contributed by atoms with Crippen LogP contribution in [0.3, 0.4) is 0 Å². The number of hydrogen-bond donors (Lipinski definition) is 3. The molecule has 0 unspecified atom stereocenters. The van der Waals surface area contributed by atoms with Gasteiger partial charge >= 0.3 is 11.9 Å². The first-order valence-corrected chi connectivity index (χ1v) is 12.5. The zero-order chi connectivity index (χ0) is 26.3. The Balaban J connectivity index is 1.94. The van der Waals surface area contributed by atoms with Gasteiger partial charge in [0, 0.05) is 42.4 Å². The fourth-order valence-corrected chi connectivity index (χ4v) is 7.44. The standard InChI is InChI=1S/C27H38O8/c1-8-13(2)23(31)35-27-20(24(27,6)7)18-10-17(12-28)11-25(32)19(9-14(3)21(25)30)26(18,33)15(4)22(27)34-16(5)29/h9-10,13,15,18-20,22,28,32-33H,8,11-12H2,1-7H3/t13-,15-,18+,19+,20-,22+,25+,26+,27-/m1/s1. The summed E-state index contributed by atoms with van der Waals surface area (Å²) in [6.45, 7) is 11.7. The fraction of sp³-hybridized carbons (Fsp3) is 0.741. The first-order valence-electron chi connectivity index (χ1n) is 12.5. The highest BCUT2D eigenvalue weighted by molar-refractivity contribution is 6.04. The van der Waals surface area contributed by atoms with Crippen molar-refractivity contribution in [2.24, 2.45) is 35.0 Å². The normalized spacial score (nSPS) is 44.1. The Bertz CT molecular complexity index is 1030. The molecule has 4 aliphatic carbocycles. The topological polar surface area (TPSA) is 130 Å². The zero-order valence-corrected chi connectivity index (χ0v) is 21.6. The summed E-state index contributed by atoms with van der Waals surface area (Å²) in [5.74, 6) is -4.75. The Kier molecular flexibility index (Phi) is 5.94. The SMILES string of the molecule is CC[C@@H](C)C(=O)O[C@]12[C@H]([C@@H]3C=C(CO)C[C@@]4(O)C(=O)C(C)=C[C@@H]4[C@]3(O)[C@H](C)[C@@H]1OC(C)=O)C2(C)C. The van der Waals surface area contributed by atoms with E-state index in [9.17, 15) is 29.7 Å². The van der Waals surface area contributed by atoms with Gasteiger partial charge in [-0.15, -0.1) is 0 Å². The average Bonchev–Trinajstić information content (AvgIpc) is 3.21. The van der Waals surface area contributed by atoms with E-state index in [4.69, 9.17) is 9.47 Å². The van der Waals surface area contributed by atoms with Gasteiger partial charge in [-0.3, -0.25) is 14.4 Å². The van der Waals surface area contributed by atoms with Crippen LogP contribution in [0.5, 0.6) is 0 Å². The van der Waals surface area contributed by atoms with Crippen LogP contribution >= 0.6 is 0 Å². The minimum absolute atomic E-state index is 0.114. The van der Waals surface area contributed by atoms with Crippen LogP contribution in [0.1, 0.15) is 61.3 Å². The van der Waals surface area contributed by atoms with Gasteiger partial charge in [-0.05, 0) is 24.5 Å². The van der Waals surface area contributed by atoms with Crippen molar-refractivity contribution in [1.29, 1.82) is 0 Å². The van der Waals surface area contributed by atoms with Crippen LogP contribution in [-0.2, 0) is 23.9 Å². The second-order valence-corrected chi connectivity index (χ2v) is 11.7. The summed E-state index contributed by atoms with van der Waals surface area (Å²) in [7, 11) is 0. The fourth-order valence-electron chi connectivity index (χ4n) is 7.44. The van der Waals surface area contributed by atoms with Gasteiger partial charge in [-0.2, -0.15) is 0 Å². The molecule has 9 atom stereocenters. The van der Waals surface area contributed by atoms with E-state index < -0.39 is 69.7 Å². The molecule has 0 aromatic heterocycles. The number of fused-ring (bicyclic) bond motifs is 5. The molecule has 3 N–H and O–H groups in total. The van der Waals surface area contributed by atoms with Crippen molar-refractivity contribution in [2.75, 3.05) is 6.61 Å². The second-order valence-electron chi connectivity index (χ2n) is 11.7. The molecule has 0 bridgehead atoms. The lowest BCUT2D eigenvalue weighted by atomic mass is 9.59. The Morgan fingerprint density at radius 1 is 1.23 bits per heavy atom. The molecule has 2 fully saturated rings. The van der Waals surface area contributed by atoms with Crippen molar-refractivity contribution in [3.8, 4) is 0 Å². The predicted octanol–water partition coefficient (Wildman–Crippen LogP) is 2.10. The van der Waals surface area contributed by atoms with E-state index in [0.29, 0.717) is 17.6 Å². The molecular formula is C27H38O8. The largest absolute Gasteiger partial charge is 0.458 e. The van der Waals surface area contributed by atoms with Crippen LogP contribution in [0.25, 0.3) is 0 Å². The molecule has 0 amide bonds. The first-order chi connectivity index (χ1) is 16.1. The van der Waals surface area contributed by atoms with Gasteiger partial charge < -0.3 is 24.8 Å². The molecule has 8 nitrogen and oxygen atoms in total. The summed E-state index contributed by atoms with van der Waals surface area (Å²) in [4.78, 5) is 38.4. The molecule has 0 aromatic carbocycles. The van der Waals surface area contributed by atoms with Crippen LogP contribution in [0, 0.1) is 35.0 Å². The van der Waals surface area contributed by atoms with E-state index >= 15 is 0 Å². The smallest absolute Gasteiger partial charge is 0.309 e. The van der Waals surface area contributed by atoms with Crippen LogP contribution < -0.4 is 0 Å². The number of aliphatic hydroxyl groups excluding tert-OH is 1. The predicted molar refractivity (Wildman–Crippen MR) is 126 cm³/mol. The highest BCUT2D eigenvalue weighted by Crippen LogP contribution is 2.77. The maximum atomic E-state index is 13.1. The molecule has 0 saturated heterocycles. The molecule has 8 heteroatoms. The van der Waals surface area contributed by atoms with Crippen molar-refractivity contribution in [3.63, 3.8) is 0 Å². The molecule has 194 valence electrons. The van der Waals surface area contributed by atoms with Gasteiger partial charge in [0.05, 0.1) is 18.1 Å². The maximum Gasteiger partial charge on any atom is 0.309 e. The third-order valence-electron chi connectivity index (χ3n) is 9.54. The number of carbonyl (C=O) groups excluding carboxylic acids is 3. The molecule has 35 heavy (non-hydrogen) atoms. The average molecular weight is 491 g/mol. The highest BCUT2D eigenvalue weighted by atomic mass is 16.6. The molecule has 0 heterocycles. The molecule has 4 rings (SSSR count). The monoisotopic (exact) mass is 490 g/mol. The van der Waals surface area contributed by atoms with Gasteiger partial charge in [-0.1, -0.05) is 46.8 Å². The minimum Gasteiger partial charge on any atom is -0.458 e. The lowest BCUT2D eigenvalue weighted by Crippen LogP contribution is -2.66. The van der Waals surface area contributed by atoms with Crippen molar-refractivity contribution >= 4 is 17.7 Å². The number of esters is 2. The molecule has 0 aromatic rings. The van der Waals surface area contributed by atoms with E-state index in [1.807, 2.05) is 20.8 Å². The number of aliphatic hydroxyl groups is 3. The van der Waals surface area contributed by atoms with E-state index in [2.05, 4.69) is 0 Å². The minimum atomic E-state index is -1.93. The summed E-state index contributed by atoms with van der Waals surface area (Å²) in [5, 5.41) is 34.3. The molecule has 0 radical (unpaired) electrons. The van der Waals surface area contributed by atoms with Gasteiger partial charge in [0.15, 0.2) is 11.4 Å². The number of hydrogen-bond acceptors (Lipinski definition) is 8. The Labute approximate surface area is 206 Å². The molecule has 4 aliphatic rings. The summed E-state index contributed by atoms with van der Waals surface area (Å²) < 4.78 is 12.0. The number of rotatable bonds is 5. The zero-order valence-electron chi connectivity index (χ0n) is 21.6. The van der Waals surface area contributed by atoms with Crippen LogP contribution in [0.15, 0.2) is 23.3 Å². The van der Waals surface area contributed by atoms with E-state index in [1.165, 1.54) is 6.92 Å². The van der Waals surface area contributed by atoms with E-state index in [-0.39, 0.29) is 18.9 Å². The lowest BCUT2D eigenvalue weighted by molar-refractivity contribution is -0.229. The van der Waals surface area contributed by atoms with Gasteiger partial charge in [0.2, 0.25) is 0 Å². The van der Waals surface area contributed by atoms with Crippen LogP contribution in [-0.4, -0.2) is 62.6 Å². The lowest BCUT2D eigenvalue weighted by Gasteiger charge is -2.53. The molecule has 0 aliphatic heterocycles. The van der Waals surface area contributed by atoms with Crippen molar-refractivity contribution in [3.05, 3.63) is 23.3 Å². The molecular weight excluding hydrogens is 452 g/mol. The summed E-state index contributed by atoms with van der Waals surface area (Å²) in [6.07, 6.45) is 2.83. The Hall–Kier alpha value is -2.03. The number of ether oxygens (including phenoxy) is 2. The Morgan fingerprint density at radius 3 is 2.40 bits per heavy atom. The van der Waals surface area contributed by atoms with Gasteiger partial charge in [0.1, 0.15) is 11.7 Å².